The van der Waals surface area contributed by atoms with Gasteiger partial charge in [0.05, 0.1) is 0 Å². The third kappa shape index (κ3) is 2.80. The Bertz CT molecular complexity index is 538. The molecule has 0 spiro atoms. The van der Waals surface area contributed by atoms with Gasteiger partial charge in [-0.1, -0.05) is 31.2 Å². The smallest absolute Gasteiger partial charge is 0.246 e. The van der Waals surface area contributed by atoms with Crippen molar-refractivity contribution in [3.05, 3.63) is 35.4 Å². The Kier molecular flexibility index (Phi) is 3.95. The number of carbonyl (C=O) groups excluding carboxylic acids is 2. The average Bonchev–Trinajstić information content (AvgIpc) is 2.53. The Morgan fingerprint density at radius 2 is 1.81 bits per heavy atom. The van der Waals surface area contributed by atoms with Gasteiger partial charge in [-0.2, -0.15) is 0 Å². The molecule has 2 saturated heterocycles. The van der Waals surface area contributed by atoms with E-state index in [4.69, 9.17) is 0 Å². The van der Waals surface area contributed by atoms with Crippen molar-refractivity contribution in [1.29, 1.82) is 0 Å². The van der Waals surface area contributed by atoms with Crippen molar-refractivity contribution < 1.29 is 9.59 Å². The third-order valence-electron chi connectivity index (χ3n) is 4.55. The molecule has 1 aromatic carbocycles. The van der Waals surface area contributed by atoms with Crippen LogP contribution >= 0.6 is 0 Å². The van der Waals surface area contributed by atoms with E-state index in [1.54, 1.807) is 9.80 Å². The number of piperidine rings is 1. The Hall–Kier alpha value is -1.84. The Morgan fingerprint density at radius 1 is 1.10 bits per heavy atom. The number of hydrogen-bond donors (Lipinski definition) is 0. The molecule has 21 heavy (non-hydrogen) atoms. The van der Waals surface area contributed by atoms with E-state index in [0.717, 1.165) is 37.8 Å². The first kappa shape index (κ1) is 14.1. The van der Waals surface area contributed by atoms with Gasteiger partial charge in [0.1, 0.15) is 12.6 Å². The molecule has 0 radical (unpaired) electrons. The second-order valence-corrected chi connectivity index (χ2v) is 5.96. The fourth-order valence-electron chi connectivity index (χ4n) is 3.26. The van der Waals surface area contributed by atoms with E-state index < -0.39 is 0 Å². The summed E-state index contributed by atoms with van der Waals surface area (Å²) in [5.74, 6) is 0.221. The maximum Gasteiger partial charge on any atom is 0.246 e. The number of amides is 2. The number of fused-ring (bicyclic) bond motifs is 1. The molecule has 0 N–H and O–H groups in total. The van der Waals surface area contributed by atoms with Gasteiger partial charge in [0.25, 0.3) is 0 Å². The predicted octanol–water partition coefficient (Wildman–Crippen LogP) is 1.97. The zero-order valence-corrected chi connectivity index (χ0v) is 12.5. The van der Waals surface area contributed by atoms with Crippen LogP contribution in [0.5, 0.6) is 0 Å². The van der Waals surface area contributed by atoms with Crippen LogP contribution in [0.1, 0.15) is 37.3 Å². The van der Waals surface area contributed by atoms with Crippen molar-refractivity contribution in [2.75, 3.05) is 13.1 Å². The number of aryl methyl sites for hydroxylation is 1. The maximum absolute atomic E-state index is 12.6. The van der Waals surface area contributed by atoms with Crippen molar-refractivity contribution in [1.82, 2.24) is 9.80 Å². The molecule has 2 aliphatic rings. The van der Waals surface area contributed by atoms with Crippen LogP contribution < -0.4 is 0 Å². The molecule has 1 unspecified atom stereocenters. The lowest BCUT2D eigenvalue weighted by molar-refractivity contribution is -0.158. The van der Waals surface area contributed by atoms with Gasteiger partial charge in [-0.25, -0.2) is 0 Å². The van der Waals surface area contributed by atoms with Crippen molar-refractivity contribution in [3.8, 4) is 0 Å². The van der Waals surface area contributed by atoms with E-state index in [1.165, 1.54) is 5.56 Å². The number of rotatable bonds is 3. The second-order valence-electron chi connectivity index (χ2n) is 5.96. The van der Waals surface area contributed by atoms with E-state index in [2.05, 4.69) is 31.2 Å². The second kappa shape index (κ2) is 5.88. The normalized spacial score (nSPS) is 22.4. The number of nitrogens with zero attached hydrogens (tertiary/aromatic N) is 2. The zero-order valence-electron chi connectivity index (χ0n) is 12.5. The van der Waals surface area contributed by atoms with Crippen LogP contribution in [0.15, 0.2) is 24.3 Å². The van der Waals surface area contributed by atoms with E-state index in [-0.39, 0.29) is 24.4 Å². The molecule has 2 amide bonds. The molecule has 112 valence electrons. The molecule has 1 aromatic rings. The topological polar surface area (TPSA) is 40.6 Å². The van der Waals surface area contributed by atoms with Gasteiger partial charge in [0.2, 0.25) is 11.8 Å². The Balaban J connectivity index is 1.72. The van der Waals surface area contributed by atoms with E-state index in [9.17, 15) is 9.59 Å². The standard InChI is InChI=1S/C17H22N2O2/c1-2-13-6-8-14(9-7-13)11-18-12-16(20)19-10-4-3-5-15(19)17(18)21/h6-9,15H,2-5,10-12H2,1H3. The van der Waals surface area contributed by atoms with Crippen LogP contribution in [0.2, 0.25) is 0 Å². The average molecular weight is 286 g/mol. The molecule has 0 aromatic heterocycles. The summed E-state index contributed by atoms with van der Waals surface area (Å²) in [7, 11) is 0. The molecule has 4 nitrogen and oxygen atoms in total. The molecule has 1 atom stereocenters. The molecule has 0 aliphatic carbocycles. The van der Waals surface area contributed by atoms with Crippen molar-refractivity contribution in [2.45, 2.75) is 45.2 Å². The summed E-state index contributed by atoms with van der Waals surface area (Å²) in [4.78, 5) is 28.3. The van der Waals surface area contributed by atoms with Gasteiger partial charge in [0, 0.05) is 13.1 Å². The van der Waals surface area contributed by atoms with Gasteiger partial charge in [0.15, 0.2) is 0 Å². The summed E-state index contributed by atoms with van der Waals surface area (Å²) in [6.45, 7) is 3.64. The lowest BCUT2D eigenvalue weighted by atomic mass is 9.98. The van der Waals surface area contributed by atoms with Crippen molar-refractivity contribution in [3.63, 3.8) is 0 Å². The lowest BCUT2D eigenvalue weighted by Crippen LogP contribution is -2.60. The zero-order chi connectivity index (χ0) is 14.8. The summed E-state index contributed by atoms with van der Waals surface area (Å²) in [6.07, 6.45) is 3.89. The highest BCUT2D eigenvalue weighted by Gasteiger charge is 2.40. The molecule has 3 rings (SSSR count). The van der Waals surface area contributed by atoms with Gasteiger partial charge >= 0.3 is 0 Å². The molecule has 2 heterocycles. The summed E-state index contributed by atoms with van der Waals surface area (Å²) in [5.41, 5.74) is 2.39. The SMILES string of the molecule is CCc1ccc(CN2CC(=O)N3CCCCC3C2=O)cc1. The van der Waals surface area contributed by atoms with Crippen LogP contribution in [-0.4, -0.2) is 40.7 Å². The minimum absolute atomic E-state index is 0.101. The molecular weight excluding hydrogens is 264 g/mol. The van der Waals surface area contributed by atoms with Crippen molar-refractivity contribution >= 4 is 11.8 Å². The number of carbonyl (C=O) groups is 2. The van der Waals surface area contributed by atoms with Gasteiger partial charge in [-0.15, -0.1) is 0 Å². The summed E-state index contributed by atoms with van der Waals surface area (Å²) < 4.78 is 0. The first-order chi connectivity index (χ1) is 10.2. The van der Waals surface area contributed by atoms with E-state index >= 15 is 0 Å². The highest BCUT2D eigenvalue weighted by atomic mass is 16.2. The number of benzene rings is 1. The third-order valence-corrected chi connectivity index (χ3v) is 4.55. The van der Waals surface area contributed by atoms with Crippen LogP contribution in [0, 0.1) is 0 Å². The Labute approximate surface area is 125 Å². The van der Waals surface area contributed by atoms with Crippen molar-refractivity contribution in [2.24, 2.45) is 0 Å². The molecular formula is C17H22N2O2. The van der Waals surface area contributed by atoms with E-state index in [1.807, 2.05) is 0 Å². The van der Waals surface area contributed by atoms with Crippen LogP contribution in [-0.2, 0) is 22.6 Å². The van der Waals surface area contributed by atoms with Crippen LogP contribution in [0.25, 0.3) is 0 Å². The largest absolute Gasteiger partial charge is 0.329 e. The first-order valence-corrected chi connectivity index (χ1v) is 7.85. The van der Waals surface area contributed by atoms with E-state index in [0.29, 0.717) is 6.54 Å². The van der Waals surface area contributed by atoms with Gasteiger partial charge < -0.3 is 9.80 Å². The highest BCUT2D eigenvalue weighted by molar-refractivity contribution is 5.95. The van der Waals surface area contributed by atoms with Crippen LogP contribution in [0.4, 0.5) is 0 Å². The first-order valence-electron chi connectivity index (χ1n) is 7.85. The fraction of sp³-hybridized carbons (Fsp3) is 0.529. The summed E-state index contributed by atoms with van der Waals surface area (Å²) >= 11 is 0. The minimum Gasteiger partial charge on any atom is -0.329 e. The van der Waals surface area contributed by atoms with Gasteiger partial charge in [-0.3, -0.25) is 9.59 Å². The predicted molar refractivity (Wildman–Crippen MR) is 80.6 cm³/mol. The monoisotopic (exact) mass is 286 g/mol. The molecule has 2 fully saturated rings. The number of hydrogen-bond acceptors (Lipinski definition) is 2. The highest BCUT2D eigenvalue weighted by Crippen LogP contribution is 2.24. The quantitative estimate of drug-likeness (QED) is 0.852. The molecule has 0 saturated carbocycles. The summed E-state index contributed by atoms with van der Waals surface area (Å²) in [6, 6.07) is 8.10. The fourth-order valence-corrected chi connectivity index (χ4v) is 3.26. The lowest BCUT2D eigenvalue weighted by Gasteiger charge is -2.42. The molecule has 4 heteroatoms. The summed E-state index contributed by atoms with van der Waals surface area (Å²) in [5, 5.41) is 0. The van der Waals surface area contributed by atoms with Crippen LogP contribution in [0.3, 0.4) is 0 Å². The van der Waals surface area contributed by atoms with Gasteiger partial charge in [-0.05, 0) is 36.8 Å². The molecule has 2 aliphatic heterocycles. The maximum atomic E-state index is 12.6. The minimum atomic E-state index is -0.213. The number of piperazine rings is 1. The Morgan fingerprint density at radius 3 is 2.52 bits per heavy atom. The molecule has 0 bridgehead atoms.